The van der Waals surface area contributed by atoms with Crippen LogP contribution in [0.4, 0.5) is 4.39 Å². The van der Waals surface area contributed by atoms with E-state index >= 15 is 4.39 Å². The van der Waals surface area contributed by atoms with E-state index < -0.39 is 29.8 Å². The number of Topliss-reactive ketones (excluding diaryl/α,β-unsaturated/α-hetero) is 1. The third kappa shape index (κ3) is 5.02. The van der Waals surface area contributed by atoms with Crippen LogP contribution in [-0.4, -0.2) is 56.5 Å². The van der Waals surface area contributed by atoms with Crippen LogP contribution in [0.5, 0.6) is 0 Å². The first-order chi connectivity index (χ1) is 19.2. The lowest BCUT2D eigenvalue weighted by Crippen LogP contribution is -2.54. The lowest BCUT2D eigenvalue weighted by Gasteiger charge is -2.37. The van der Waals surface area contributed by atoms with E-state index in [9.17, 15) is 14.7 Å². The average Bonchev–Trinajstić information content (AvgIpc) is 3.68. The number of aromatic nitrogens is 2. The Morgan fingerprint density at radius 1 is 1.15 bits per heavy atom. The third-order valence-corrected chi connectivity index (χ3v) is 8.44. The summed E-state index contributed by atoms with van der Waals surface area (Å²) in [7, 11) is 1.94. The standard InChI is InChI=1S/C30H31ClFN3O5/c1-34-17-23(22-16-20(31)7-11-25(22)34)28-33-24-10-4-18(14-26(24)39-28)15-27(36)30(32,35-12-2-3-13-35)40-21-8-5-19(6-9-21)29(37)38/h4,7,10-11,14,16-17,19,21H,2-3,5-6,8-9,12-13,15H2,1H3,(H,37,38)/t19-,21-,30?. The SMILES string of the molecule is Cn1cc(-c2nc3ccc(CC(=O)C(F)(O[C@H]4CC[C@H](C(=O)O)CC4)N4CCCC4)cc3o2)c2cc(Cl)ccc21. The van der Waals surface area contributed by atoms with Gasteiger partial charge < -0.3 is 18.8 Å². The van der Waals surface area contributed by atoms with Crippen molar-refractivity contribution < 1.29 is 28.2 Å². The lowest BCUT2D eigenvalue weighted by molar-refractivity contribution is -0.252. The van der Waals surface area contributed by atoms with E-state index in [1.54, 1.807) is 18.2 Å². The van der Waals surface area contributed by atoms with E-state index in [-0.39, 0.29) is 6.42 Å². The van der Waals surface area contributed by atoms with Gasteiger partial charge in [-0.2, -0.15) is 4.39 Å². The summed E-state index contributed by atoms with van der Waals surface area (Å²) in [6.45, 7) is 0.874. The number of aryl methyl sites for hydroxylation is 1. The van der Waals surface area contributed by atoms with Gasteiger partial charge in [-0.05, 0) is 74.4 Å². The molecule has 2 fully saturated rings. The summed E-state index contributed by atoms with van der Waals surface area (Å²) < 4.78 is 30.5. The second-order valence-corrected chi connectivity index (χ2v) is 11.4. The smallest absolute Gasteiger partial charge is 0.330 e. The predicted molar refractivity (Wildman–Crippen MR) is 149 cm³/mol. The number of ketones is 1. The first kappa shape index (κ1) is 26.9. The molecular weight excluding hydrogens is 537 g/mol. The Morgan fingerprint density at radius 2 is 1.90 bits per heavy atom. The van der Waals surface area contributed by atoms with Crippen LogP contribution in [0.15, 0.2) is 47.0 Å². The van der Waals surface area contributed by atoms with Crippen LogP contribution in [0.3, 0.4) is 0 Å². The van der Waals surface area contributed by atoms with Crippen molar-refractivity contribution in [2.75, 3.05) is 13.1 Å². The number of aliphatic carboxylic acids is 1. The minimum Gasteiger partial charge on any atom is -0.481 e. The molecular formula is C30H31ClFN3O5. The van der Waals surface area contributed by atoms with Gasteiger partial charge in [-0.3, -0.25) is 9.59 Å². The molecule has 0 amide bonds. The van der Waals surface area contributed by atoms with Gasteiger partial charge in [0.2, 0.25) is 11.7 Å². The molecule has 3 heterocycles. The summed E-state index contributed by atoms with van der Waals surface area (Å²) in [4.78, 5) is 31.0. The molecule has 0 bridgehead atoms. The van der Waals surface area contributed by atoms with Crippen molar-refractivity contribution in [2.24, 2.45) is 13.0 Å². The van der Waals surface area contributed by atoms with Gasteiger partial charge in [0.05, 0.1) is 17.6 Å². The van der Waals surface area contributed by atoms with Gasteiger partial charge in [-0.15, -0.1) is 0 Å². The molecule has 8 nitrogen and oxygen atoms in total. The molecule has 2 aliphatic rings. The number of benzene rings is 2. The van der Waals surface area contributed by atoms with Crippen LogP contribution in [0.1, 0.15) is 44.1 Å². The van der Waals surface area contributed by atoms with Crippen molar-refractivity contribution in [3.05, 3.63) is 53.2 Å². The number of oxazole rings is 1. The Morgan fingerprint density at radius 3 is 2.62 bits per heavy atom. The van der Waals surface area contributed by atoms with E-state index in [4.69, 9.17) is 20.8 Å². The van der Waals surface area contributed by atoms with Crippen molar-refractivity contribution in [1.82, 2.24) is 14.5 Å². The van der Waals surface area contributed by atoms with Crippen LogP contribution in [0.2, 0.25) is 5.02 Å². The van der Waals surface area contributed by atoms with Crippen LogP contribution < -0.4 is 0 Å². The Kier molecular flexibility index (Phi) is 7.14. The van der Waals surface area contributed by atoms with Gasteiger partial charge in [0, 0.05) is 48.7 Å². The molecule has 40 heavy (non-hydrogen) atoms. The number of rotatable bonds is 8. The highest BCUT2D eigenvalue weighted by Gasteiger charge is 2.48. The molecule has 1 unspecified atom stereocenters. The molecule has 2 aromatic carbocycles. The van der Waals surface area contributed by atoms with E-state index in [1.165, 1.54) is 4.90 Å². The summed E-state index contributed by atoms with van der Waals surface area (Å²) in [6, 6.07) is 10.9. The fourth-order valence-corrected chi connectivity index (χ4v) is 6.17. The summed E-state index contributed by atoms with van der Waals surface area (Å²) in [6.07, 6.45) is 4.50. The maximum Gasteiger partial charge on any atom is 0.330 e. The van der Waals surface area contributed by atoms with Crippen LogP contribution in [-0.2, 0) is 27.8 Å². The van der Waals surface area contributed by atoms with Crippen molar-refractivity contribution >= 4 is 45.4 Å². The first-order valence-corrected chi connectivity index (χ1v) is 14.1. The predicted octanol–water partition coefficient (Wildman–Crippen LogP) is 6.13. The van der Waals surface area contributed by atoms with E-state index in [0.717, 1.165) is 29.3 Å². The number of nitrogens with zero attached hydrogens (tertiary/aromatic N) is 3. The number of carboxylic acids is 1. The quantitative estimate of drug-likeness (QED) is 0.256. The zero-order valence-electron chi connectivity index (χ0n) is 22.2. The van der Waals surface area contributed by atoms with Crippen molar-refractivity contribution in [3.63, 3.8) is 0 Å². The van der Waals surface area contributed by atoms with Crippen molar-refractivity contribution in [2.45, 2.75) is 57.0 Å². The van der Waals surface area contributed by atoms with Gasteiger partial charge in [0.1, 0.15) is 5.52 Å². The largest absolute Gasteiger partial charge is 0.481 e. The summed E-state index contributed by atoms with van der Waals surface area (Å²) in [5, 5.41) is 10.8. The molecule has 1 aliphatic carbocycles. The topological polar surface area (TPSA) is 97.8 Å². The second kappa shape index (κ2) is 10.6. The van der Waals surface area contributed by atoms with Gasteiger partial charge >= 0.3 is 11.9 Å². The summed E-state index contributed by atoms with van der Waals surface area (Å²) >= 11 is 6.24. The maximum absolute atomic E-state index is 16.5. The van der Waals surface area contributed by atoms with Crippen LogP contribution in [0.25, 0.3) is 33.5 Å². The number of carboxylic acid groups (broad SMARTS) is 1. The number of fused-ring (bicyclic) bond motifs is 2. The van der Waals surface area contributed by atoms with Crippen molar-refractivity contribution in [1.29, 1.82) is 0 Å². The number of carbonyl (C=O) groups excluding carboxylic acids is 1. The molecule has 1 saturated carbocycles. The van der Waals surface area contributed by atoms with Gasteiger partial charge in [0.15, 0.2) is 5.58 Å². The normalized spacial score (nSPS) is 21.7. The van der Waals surface area contributed by atoms with Gasteiger partial charge in [0.25, 0.3) is 0 Å². The molecule has 1 aliphatic heterocycles. The molecule has 0 radical (unpaired) electrons. The number of halogens is 2. The average molecular weight is 568 g/mol. The highest BCUT2D eigenvalue weighted by atomic mass is 35.5. The molecule has 1 saturated heterocycles. The summed E-state index contributed by atoms with van der Waals surface area (Å²) in [5.41, 5.74) is 3.52. The lowest BCUT2D eigenvalue weighted by atomic mass is 9.87. The minimum absolute atomic E-state index is 0.173. The Bertz CT molecular complexity index is 1590. The van der Waals surface area contributed by atoms with Gasteiger partial charge in [-0.1, -0.05) is 17.7 Å². The monoisotopic (exact) mass is 567 g/mol. The van der Waals surface area contributed by atoms with E-state index in [1.807, 2.05) is 36.0 Å². The van der Waals surface area contributed by atoms with Crippen LogP contribution in [0, 0.1) is 5.92 Å². The number of likely N-dealkylation sites (tertiary alicyclic amines) is 1. The van der Waals surface area contributed by atoms with Gasteiger partial charge in [-0.25, -0.2) is 9.88 Å². The second-order valence-electron chi connectivity index (χ2n) is 10.9. The zero-order valence-corrected chi connectivity index (χ0v) is 23.0. The Labute approximate surface area is 235 Å². The third-order valence-electron chi connectivity index (χ3n) is 8.20. The Hall–Kier alpha value is -3.27. The van der Waals surface area contributed by atoms with E-state index in [0.29, 0.717) is 66.3 Å². The molecule has 1 atom stereocenters. The molecule has 6 rings (SSSR count). The number of carbonyl (C=O) groups is 2. The first-order valence-electron chi connectivity index (χ1n) is 13.7. The molecule has 1 N–H and O–H groups in total. The molecule has 2 aromatic heterocycles. The number of ether oxygens (including phenoxy) is 1. The highest BCUT2D eigenvalue weighted by molar-refractivity contribution is 6.31. The summed E-state index contributed by atoms with van der Waals surface area (Å²) in [5.74, 6) is -4.07. The highest BCUT2D eigenvalue weighted by Crippen LogP contribution is 2.36. The number of alkyl halides is 1. The number of hydrogen-bond acceptors (Lipinski definition) is 6. The van der Waals surface area contributed by atoms with Crippen molar-refractivity contribution in [3.8, 4) is 11.5 Å². The Balaban J connectivity index is 1.24. The number of hydrogen-bond donors (Lipinski definition) is 1. The molecule has 4 aromatic rings. The molecule has 10 heteroatoms. The molecule has 210 valence electrons. The zero-order chi connectivity index (χ0) is 28.0. The van der Waals surface area contributed by atoms with E-state index in [2.05, 4.69) is 4.98 Å². The minimum atomic E-state index is -2.55. The fraction of sp³-hybridized carbons (Fsp3) is 0.433. The maximum atomic E-state index is 16.5. The van der Waals surface area contributed by atoms with Crippen LogP contribution >= 0.6 is 11.6 Å². The molecule has 0 spiro atoms. The fourth-order valence-electron chi connectivity index (χ4n) is 5.99.